The molecule has 3 aromatic carbocycles. The first-order valence-electron chi connectivity index (χ1n) is 9.46. The Bertz CT molecular complexity index is 568. The van der Waals surface area contributed by atoms with Crippen molar-refractivity contribution in [2.75, 3.05) is 14.2 Å². The van der Waals surface area contributed by atoms with Crippen LogP contribution < -0.4 is 9.47 Å². The molecule has 0 heterocycles. The maximum atomic E-state index is 4.91. The van der Waals surface area contributed by atoms with Gasteiger partial charge in [-0.3, -0.25) is 0 Å². The van der Waals surface area contributed by atoms with Crippen LogP contribution in [-0.4, -0.2) is 14.2 Å². The van der Waals surface area contributed by atoms with Gasteiger partial charge in [-0.15, -0.1) is 0 Å². The summed E-state index contributed by atoms with van der Waals surface area (Å²) in [4.78, 5) is 0. The van der Waals surface area contributed by atoms with Gasteiger partial charge in [-0.2, -0.15) is 0 Å². The minimum Gasteiger partial charge on any atom is -0.497 e. The molecule has 0 aromatic heterocycles. The highest BCUT2D eigenvalue weighted by Gasteiger charge is 1.81. The smallest absolute Gasteiger partial charge is 0.118 e. The number of rotatable bonds is 2. The molecule has 2 nitrogen and oxygen atoms in total. The lowest BCUT2D eigenvalue weighted by atomic mass is 10.2. The van der Waals surface area contributed by atoms with Crippen molar-refractivity contribution in [1.82, 2.24) is 0 Å². The van der Waals surface area contributed by atoms with Gasteiger partial charge in [-0.05, 0) is 31.2 Å². The standard InChI is InChI=1S/2C7H8O.C7H8.2C2H6/c2*1-8-7-5-3-2-4-6-7;1-7-5-3-2-4-6-7;2*1-2/h2*2-6H,1H3;2-6H,1H3;2*1-2H3. The third-order valence-electron chi connectivity index (χ3n) is 2.90. The molecule has 2 heteroatoms. The van der Waals surface area contributed by atoms with E-state index in [1.54, 1.807) is 14.2 Å². The highest BCUT2D eigenvalue weighted by Crippen LogP contribution is 2.06. The first kappa shape index (κ1) is 26.5. The van der Waals surface area contributed by atoms with Crippen LogP contribution >= 0.6 is 0 Å². The van der Waals surface area contributed by atoms with Crippen molar-refractivity contribution in [2.24, 2.45) is 0 Å². The van der Waals surface area contributed by atoms with Crippen molar-refractivity contribution in [3.05, 3.63) is 96.6 Å². The van der Waals surface area contributed by atoms with E-state index in [0.717, 1.165) is 11.5 Å². The van der Waals surface area contributed by atoms with E-state index in [-0.39, 0.29) is 0 Å². The number of hydrogen-bond acceptors (Lipinski definition) is 2. The van der Waals surface area contributed by atoms with Crippen LogP contribution in [0.1, 0.15) is 33.3 Å². The molecule has 0 radical (unpaired) electrons. The zero-order valence-electron chi connectivity index (χ0n) is 18.0. The van der Waals surface area contributed by atoms with E-state index in [9.17, 15) is 0 Å². The molecule has 0 fully saturated rings. The van der Waals surface area contributed by atoms with E-state index in [0.29, 0.717) is 0 Å². The first-order chi connectivity index (χ1) is 13.3. The second-order valence-electron chi connectivity index (χ2n) is 4.69. The predicted molar refractivity (Wildman–Crippen MR) is 120 cm³/mol. The zero-order chi connectivity index (χ0) is 20.8. The van der Waals surface area contributed by atoms with Crippen LogP contribution in [0.3, 0.4) is 0 Å². The van der Waals surface area contributed by atoms with E-state index in [1.807, 2.05) is 107 Å². The third kappa shape index (κ3) is 16.5. The topological polar surface area (TPSA) is 18.5 Å². The number of aryl methyl sites for hydroxylation is 1. The van der Waals surface area contributed by atoms with Gasteiger partial charge in [0, 0.05) is 0 Å². The second kappa shape index (κ2) is 21.3. The quantitative estimate of drug-likeness (QED) is 0.468. The van der Waals surface area contributed by atoms with Crippen LogP contribution in [0.4, 0.5) is 0 Å². The van der Waals surface area contributed by atoms with Gasteiger partial charge in [0.05, 0.1) is 14.2 Å². The summed E-state index contributed by atoms with van der Waals surface area (Å²) in [7, 11) is 3.32. The van der Waals surface area contributed by atoms with E-state index >= 15 is 0 Å². The molecule has 148 valence electrons. The minimum absolute atomic E-state index is 0.910. The Morgan fingerprint density at radius 1 is 0.444 bits per heavy atom. The number of para-hydroxylation sites is 2. The second-order valence-corrected chi connectivity index (χ2v) is 4.69. The lowest BCUT2D eigenvalue weighted by Crippen LogP contribution is -1.78. The summed E-state index contributed by atoms with van der Waals surface area (Å²) in [5.74, 6) is 1.82. The van der Waals surface area contributed by atoms with Gasteiger partial charge >= 0.3 is 0 Å². The van der Waals surface area contributed by atoms with Crippen LogP contribution in [0.25, 0.3) is 0 Å². The SMILES string of the molecule is CC.CC.COc1ccccc1.COc1ccccc1.Cc1ccccc1. The van der Waals surface area contributed by atoms with Gasteiger partial charge in [0.1, 0.15) is 11.5 Å². The Kier molecular flexibility index (Phi) is 20.9. The average molecular weight is 369 g/mol. The molecule has 0 N–H and O–H groups in total. The van der Waals surface area contributed by atoms with Crippen LogP contribution in [0.2, 0.25) is 0 Å². The molecule has 0 aliphatic carbocycles. The molecule has 0 saturated heterocycles. The largest absolute Gasteiger partial charge is 0.497 e. The maximum absolute atomic E-state index is 4.91. The molecule has 0 spiro atoms. The third-order valence-corrected chi connectivity index (χ3v) is 2.90. The summed E-state index contributed by atoms with van der Waals surface area (Å²) in [6, 6.07) is 29.6. The fourth-order valence-corrected chi connectivity index (χ4v) is 1.65. The summed E-state index contributed by atoms with van der Waals surface area (Å²) in [6.45, 7) is 10.1. The first-order valence-corrected chi connectivity index (χ1v) is 9.46. The van der Waals surface area contributed by atoms with Crippen molar-refractivity contribution in [3.63, 3.8) is 0 Å². The Labute approximate surface area is 166 Å². The average Bonchev–Trinajstić information content (AvgIpc) is 2.79. The van der Waals surface area contributed by atoms with E-state index in [4.69, 9.17) is 9.47 Å². The maximum Gasteiger partial charge on any atom is 0.118 e. The molecule has 0 saturated carbocycles. The summed E-state index contributed by atoms with van der Waals surface area (Å²) in [5.41, 5.74) is 1.32. The van der Waals surface area contributed by atoms with Gasteiger partial charge < -0.3 is 9.47 Å². The summed E-state index contributed by atoms with van der Waals surface area (Å²) >= 11 is 0. The molecule has 3 rings (SSSR count). The Morgan fingerprint density at radius 2 is 0.704 bits per heavy atom. The molecule has 27 heavy (non-hydrogen) atoms. The van der Waals surface area contributed by atoms with Gasteiger partial charge in [-0.1, -0.05) is 100.0 Å². The summed E-state index contributed by atoms with van der Waals surface area (Å²) in [6.07, 6.45) is 0. The van der Waals surface area contributed by atoms with Crippen LogP contribution in [0.5, 0.6) is 11.5 Å². The van der Waals surface area contributed by atoms with E-state index in [1.165, 1.54) is 5.56 Å². The molecule has 0 bridgehead atoms. The molecule has 0 unspecified atom stereocenters. The zero-order valence-corrected chi connectivity index (χ0v) is 18.0. The molecule has 0 atom stereocenters. The molecule has 0 aliphatic rings. The molecular formula is C25H36O2. The van der Waals surface area contributed by atoms with Crippen LogP contribution in [0.15, 0.2) is 91.0 Å². The van der Waals surface area contributed by atoms with Crippen molar-refractivity contribution < 1.29 is 9.47 Å². The van der Waals surface area contributed by atoms with Crippen LogP contribution in [-0.2, 0) is 0 Å². The highest BCUT2D eigenvalue weighted by atomic mass is 16.5. The summed E-state index contributed by atoms with van der Waals surface area (Å²) < 4.78 is 9.83. The van der Waals surface area contributed by atoms with E-state index < -0.39 is 0 Å². The van der Waals surface area contributed by atoms with Gasteiger partial charge in [-0.25, -0.2) is 0 Å². The summed E-state index contributed by atoms with van der Waals surface area (Å²) in [5, 5.41) is 0. The van der Waals surface area contributed by atoms with Crippen molar-refractivity contribution in [3.8, 4) is 11.5 Å². The van der Waals surface area contributed by atoms with Crippen molar-refractivity contribution in [1.29, 1.82) is 0 Å². The van der Waals surface area contributed by atoms with Crippen molar-refractivity contribution in [2.45, 2.75) is 34.6 Å². The fourth-order valence-electron chi connectivity index (χ4n) is 1.65. The lowest BCUT2D eigenvalue weighted by molar-refractivity contribution is 0.414. The predicted octanol–water partition coefficient (Wildman–Crippen LogP) is 7.44. The van der Waals surface area contributed by atoms with Gasteiger partial charge in [0.15, 0.2) is 0 Å². The fraction of sp³-hybridized carbons (Fsp3) is 0.280. The normalized spacial score (nSPS) is 7.81. The minimum atomic E-state index is 0.910. The highest BCUT2D eigenvalue weighted by molar-refractivity contribution is 5.21. The van der Waals surface area contributed by atoms with Crippen molar-refractivity contribution >= 4 is 0 Å². The number of methoxy groups -OCH3 is 2. The lowest BCUT2D eigenvalue weighted by Gasteiger charge is -1.93. The Hall–Kier alpha value is -2.74. The molecule has 0 aliphatic heterocycles. The van der Waals surface area contributed by atoms with Gasteiger partial charge in [0.2, 0.25) is 0 Å². The Morgan fingerprint density at radius 3 is 0.852 bits per heavy atom. The molecule has 0 amide bonds. The number of benzene rings is 3. The van der Waals surface area contributed by atoms with Gasteiger partial charge in [0.25, 0.3) is 0 Å². The monoisotopic (exact) mass is 368 g/mol. The Balaban J connectivity index is 0. The number of ether oxygens (including phenoxy) is 2. The van der Waals surface area contributed by atoms with E-state index in [2.05, 4.69) is 19.1 Å². The van der Waals surface area contributed by atoms with Crippen LogP contribution in [0, 0.1) is 6.92 Å². The number of hydrogen-bond donors (Lipinski definition) is 0. The molecular weight excluding hydrogens is 332 g/mol. The molecule has 3 aromatic rings.